The van der Waals surface area contributed by atoms with Crippen LogP contribution in [0.5, 0.6) is 11.5 Å². The Morgan fingerprint density at radius 1 is 0.839 bits per heavy atom. The molecule has 0 aromatic heterocycles. The van der Waals surface area contributed by atoms with E-state index in [2.05, 4.69) is 5.32 Å². The Kier molecular flexibility index (Phi) is 5.89. The first kappa shape index (κ1) is 20.5. The van der Waals surface area contributed by atoms with Crippen molar-refractivity contribution < 1.29 is 19.1 Å². The van der Waals surface area contributed by atoms with Crippen LogP contribution < -0.4 is 14.8 Å². The minimum absolute atomic E-state index is 0.0404. The molecule has 0 saturated heterocycles. The number of methoxy groups -OCH3 is 2. The molecule has 6 nitrogen and oxygen atoms in total. The van der Waals surface area contributed by atoms with Gasteiger partial charge in [-0.3, -0.25) is 9.59 Å². The minimum atomic E-state index is -0.184. The van der Waals surface area contributed by atoms with Crippen molar-refractivity contribution in [2.45, 2.75) is 13.0 Å². The Hall–Kier alpha value is -3.80. The molecule has 1 N–H and O–H groups in total. The summed E-state index contributed by atoms with van der Waals surface area (Å²) in [5.41, 5.74) is 4.04. The molecule has 6 heteroatoms. The lowest BCUT2D eigenvalue weighted by atomic mass is 9.98. The van der Waals surface area contributed by atoms with Crippen LogP contribution >= 0.6 is 0 Å². The number of hydrogen-bond donors (Lipinski definition) is 1. The third kappa shape index (κ3) is 4.38. The Morgan fingerprint density at radius 2 is 1.48 bits per heavy atom. The summed E-state index contributed by atoms with van der Waals surface area (Å²) in [6.07, 6.45) is 0.757. The second kappa shape index (κ2) is 8.92. The third-order valence-electron chi connectivity index (χ3n) is 5.43. The molecule has 0 bridgehead atoms. The highest BCUT2D eigenvalue weighted by atomic mass is 16.5. The zero-order valence-electron chi connectivity index (χ0n) is 17.6. The lowest BCUT2D eigenvalue weighted by Gasteiger charge is -2.29. The lowest BCUT2D eigenvalue weighted by Crippen LogP contribution is -2.36. The number of ether oxygens (including phenoxy) is 2. The van der Waals surface area contributed by atoms with Gasteiger partial charge >= 0.3 is 0 Å². The number of nitrogens with one attached hydrogen (secondary N) is 1. The van der Waals surface area contributed by atoms with Crippen molar-refractivity contribution in [2.75, 3.05) is 26.1 Å². The van der Waals surface area contributed by atoms with Gasteiger partial charge in [-0.25, -0.2) is 0 Å². The molecule has 0 spiro atoms. The number of fused-ring (bicyclic) bond motifs is 1. The van der Waals surface area contributed by atoms with Crippen LogP contribution in [0.4, 0.5) is 5.69 Å². The molecule has 1 aliphatic heterocycles. The molecule has 3 aromatic carbocycles. The molecule has 0 atom stereocenters. The SMILES string of the molecule is COc1cc2c(cc1OC)CN(C(=O)c1ccc(NC(=O)c3ccccc3)cc1)CC2. The van der Waals surface area contributed by atoms with Gasteiger partial charge in [-0.2, -0.15) is 0 Å². The van der Waals surface area contributed by atoms with Gasteiger partial charge in [0.05, 0.1) is 14.2 Å². The van der Waals surface area contributed by atoms with E-state index in [-0.39, 0.29) is 11.8 Å². The van der Waals surface area contributed by atoms with Crippen molar-refractivity contribution >= 4 is 17.5 Å². The first-order chi connectivity index (χ1) is 15.1. The first-order valence-corrected chi connectivity index (χ1v) is 10.1. The molecule has 31 heavy (non-hydrogen) atoms. The van der Waals surface area contributed by atoms with Crippen molar-refractivity contribution in [1.29, 1.82) is 0 Å². The van der Waals surface area contributed by atoms with E-state index in [0.29, 0.717) is 41.4 Å². The highest BCUT2D eigenvalue weighted by Gasteiger charge is 2.23. The fourth-order valence-corrected chi connectivity index (χ4v) is 3.73. The van der Waals surface area contributed by atoms with Gasteiger partial charge in [0.1, 0.15) is 0 Å². The average Bonchev–Trinajstić information content (AvgIpc) is 2.83. The number of carbonyl (C=O) groups excluding carboxylic acids is 2. The van der Waals surface area contributed by atoms with Crippen molar-refractivity contribution in [1.82, 2.24) is 4.90 Å². The second-order valence-electron chi connectivity index (χ2n) is 7.35. The lowest BCUT2D eigenvalue weighted by molar-refractivity contribution is 0.0734. The van der Waals surface area contributed by atoms with Crippen LogP contribution in [0.15, 0.2) is 66.7 Å². The van der Waals surface area contributed by atoms with Gasteiger partial charge in [0, 0.05) is 29.9 Å². The number of nitrogens with zero attached hydrogens (tertiary/aromatic N) is 1. The van der Waals surface area contributed by atoms with Crippen molar-refractivity contribution in [3.05, 3.63) is 89.0 Å². The monoisotopic (exact) mass is 416 g/mol. The Morgan fingerprint density at radius 3 is 2.13 bits per heavy atom. The van der Waals surface area contributed by atoms with Crippen molar-refractivity contribution in [3.63, 3.8) is 0 Å². The maximum atomic E-state index is 13.0. The summed E-state index contributed by atoms with van der Waals surface area (Å²) >= 11 is 0. The van der Waals surface area contributed by atoms with Gasteiger partial charge in [0.25, 0.3) is 11.8 Å². The van der Waals surface area contributed by atoms with E-state index < -0.39 is 0 Å². The first-order valence-electron chi connectivity index (χ1n) is 10.1. The Labute approximate surface area is 181 Å². The van der Waals surface area contributed by atoms with Gasteiger partial charge in [-0.15, -0.1) is 0 Å². The molecule has 4 rings (SSSR count). The molecule has 3 aromatic rings. The van der Waals surface area contributed by atoms with E-state index in [1.807, 2.05) is 35.2 Å². The smallest absolute Gasteiger partial charge is 0.255 e. The molecule has 0 radical (unpaired) electrons. The second-order valence-corrected chi connectivity index (χ2v) is 7.35. The van der Waals surface area contributed by atoms with Crippen molar-refractivity contribution in [2.24, 2.45) is 0 Å². The largest absolute Gasteiger partial charge is 0.493 e. The zero-order chi connectivity index (χ0) is 21.8. The summed E-state index contributed by atoms with van der Waals surface area (Å²) in [5, 5.41) is 2.85. The third-order valence-corrected chi connectivity index (χ3v) is 5.43. The van der Waals surface area contributed by atoms with Crippen LogP contribution in [0, 0.1) is 0 Å². The summed E-state index contributed by atoms with van der Waals surface area (Å²) in [5.74, 6) is 1.14. The number of amides is 2. The summed E-state index contributed by atoms with van der Waals surface area (Å²) in [7, 11) is 3.23. The molecule has 1 heterocycles. The molecule has 158 valence electrons. The minimum Gasteiger partial charge on any atom is -0.493 e. The highest BCUT2D eigenvalue weighted by Crippen LogP contribution is 2.33. The van der Waals surface area contributed by atoms with Gasteiger partial charge in [-0.1, -0.05) is 18.2 Å². The standard InChI is InChI=1S/C25H24N2O4/c1-30-22-14-19-12-13-27(16-20(19)15-23(22)31-2)25(29)18-8-10-21(11-9-18)26-24(28)17-6-4-3-5-7-17/h3-11,14-15H,12-13,16H2,1-2H3,(H,26,28). The summed E-state index contributed by atoms with van der Waals surface area (Å²) in [6.45, 7) is 1.15. The van der Waals surface area contributed by atoms with Crippen LogP contribution in [0.3, 0.4) is 0 Å². The molecule has 0 unspecified atom stereocenters. The maximum Gasteiger partial charge on any atom is 0.255 e. The Bertz CT molecular complexity index is 1090. The van der Waals surface area contributed by atoms with Crippen LogP contribution in [0.1, 0.15) is 31.8 Å². The quantitative estimate of drug-likeness (QED) is 0.678. The number of carbonyl (C=O) groups is 2. The molecule has 0 aliphatic carbocycles. The van der Waals surface area contributed by atoms with Crippen LogP contribution in [-0.4, -0.2) is 37.5 Å². The molecular formula is C25H24N2O4. The maximum absolute atomic E-state index is 13.0. The van der Waals surface area contributed by atoms with Gasteiger partial charge in [0.15, 0.2) is 11.5 Å². The van der Waals surface area contributed by atoms with Gasteiger partial charge < -0.3 is 19.7 Å². The number of benzene rings is 3. The van der Waals surface area contributed by atoms with Crippen LogP contribution in [0.25, 0.3) is 0 Å². The molecule has 0 fully saturated rings. The summed E-state index contributed by atoms with van der Waals surface area (Å²) in [4.78, 5) is 27.1. The van der Waals surface area contributed by atoms with E-state index >= 15 is 0 Å². The summed E-state index contributed by atoms with van der Waals surface area (Å²) in [6, 6.07) is 19.9. The predicted molar refractivity (Wildman–Crippen MR) is 119 cm³/mol. The van der Waals surface area contributed by atoms with Gasteiger partial charge in [0.2, 0.25) is 0 Å². The van der Waals surface area contributed by atoms with E-state index in [9.17, 15) is 9.59 Å². The fourth-order valence-electron chi connectivity index (χ4n) is 3.73. The number of hydrogen-bond acceptors (Lipinski definition) is 4. The van der Waals surface area contributed by atoms with Crippen LogP contribution in [-0.2, 0) is 13.0 Å². The molecule has 1 aliphatic rings. The Balaban J connectivity index is 1.45. The average molecular weight is 416 g/mol. The van der Waals surface area contributed by atoms with Gasteiger partial charge in [-0.05, 0) is 66.1 Å². The predicted octanol–water partition coefficient (Wildman–Crippen LogP) is 4.15. The normalized spacial score (nSPS) is 12.6. The van der Waals surface area contributed by atoms with Crippen LogP contribution in [0.2, 0.25) is 0 Å². The number of anilines is 1. The van der Waals surface area contributed by atoms with E-state index in [1.165, 1.54) is 5.56 Å². The molecule has 0 saturated carbocycles. The summed E-state index contributed by atoms with van der Waals surface area (Å²) < 4.78 is 10.8. The van der Waals surface area contributed by atoms with E-state index in [0.717, 1.165) is 12.0 Å². The van der Waals surface area contributed by atoms with E-state index in [4.69, 9.17) is 9.47 Å². The van der Waals surface area contributed by atoms with Crippen molar-refractivity contribution in [3.8, 4) is 11.5 Å². The number of rotatable bonds is 5. The zero-order valence-corrected chi connectivity index (χ0v) is 17.6. The fraction of sp³-hybridized carbons (Fsp3) is 0.200. The highest BCUT2D eigenvalue weighted by molar-refractivity contribution is 6.04. The molecular weight excluding hydrogens is 392 g/mol. The topological polar surface area (TPSA) is 67.9 Å². The van der Waals surface area contributed by atoms with E-state index in [1.54, 1.807) is 50.6 Å². The molecule has 2 amide bonds.